The third-order valence-electron chi connectivity index (χ3n) is 5.20. The fourth-order valence-corrected chi connectivity index (χ4v) is 3.57. The number of nitrogens with one attached hydrogen (secondary N) is 1. The summed E-state index contributed by atoms with van der Waals surface area (Å²) in [6.07, 6.45) is 2.09. The van der Waals surface area contributed by atoms with Crippen molar-refractivity contribution < 1.29 is 23.7 Å². The molecule has 3 aromatic rings. The van der Waals surface area contributed by atoms with Gasteiger partial charge in [0, 0.05) is 57.5 Å². The first-order valence-corrected chi connectivity index (χ1v) is 11.1. The fourth-order valence-electron chi connectivity index (χ4n) is 3.57. The largest absolute Gasteiger partial charge is 0.511 e. The van der Waals surface area contributed by atoms with E-state index in [0.717, 1.165) is 43.9 Å². The molecule has 1 fully saturated rings. The molecule has 0 bridgehead atoms. The van der Waals surface area contributed by atoms with Crippen molar-refractivity contribution in [2.45, 2.75) is 20.1 Å². The average molecular weight is 456 g/mol. The Morgan fingerprint density at radius 2 is 1.97 bits per heavy atom. The van der Waals surface area contributed by atoms with Crippen molar-refractivity contribution in [1.29, 1.82) is 0 Å². The molecule has 1 unspecified atom stereocenters. The molecule has 2 aromatic heterocycles. The number of fused-ring (bicyclic) bond motifs is 1. The van der Waals surface area contributed by atoms with E-state index in [0.29, 0.717) is 23.9 Å². The lowest BCUT2D eigenvalue weighted by Crippen LogP contribution is -2.44. The van der Waals surface area contributed by atoms with Crippen LogP contribution >= 0.6 is 0 Å². The average Bonchev–Trinajstić information content (AvgIpc) is 3.24. The van der Waals surface area contributed by atoms with Crippen molar-refractivity contribution in [3.05, 3.63) is 42.7 Å². The van der Waals surface area contributed by atoms with Crippen LogP contribution in [-0.4, -0.2) is 77.9 Å². The van der Waals surface area contributed by atoms with Gasteiger partial charge in [0.05, 0.1) is 12.8 Å². The molecular weight excluding hydrogens is 426 g/mol. The second-order valence-electron chi connectivity index (χ2n) is 7.54. The molecule has 1 atom stereocenters. The molecule has 3 heterocycles. The first-order valence-electron chi connectivity index (χ1n) is 11.1. The van der Waals surface area contributed by atoms with Gasteiger partial charge in [-0.1, -0.05) is 12.1 Å². The monoisotopic (exact) mass is 455 g/mol. The third kappa shape index (κ3) is 6.11. The van der Waals surface area contributed by atoms with Crippen LogP contribution in [0.2, 0.25) is 0 Å². The van der Waals surface area contributed by atoms with Crippen molar-refractivity contribution in [3.8, 4) is 22.8 Å². The summed E-state index contributed by atoms with van der Waals surface area (Å²) in [6.45, 7) is 9.16. The van der Waals surface area contributed by atoms with Gasteiger partial charge in [0.2, 0.25) is 12.2 Å². The summed E-state index contributed by atoms with van der Waals surface area (Å²) < 4.78 is 23.0. The van der Waals surface area contributed by atoms with Gasteiger partial charge in [0.1, 0.15) is 12.4 Å². The number of carbonyl (C=O) groups excluding carboxylic acids is 1. The molecule has 33 heavy (non-hydrogen) atoms. The summed E-state index contributed by atoms with van der Waals surface area (Å²) in [5.74, 6) is 1.14. The van der Waals surface area contributed by atoms with E-state index in [4.69, 9.17) is 18.9 Å². The number of ether oxygens (including phenoxy) is 4. The van der Waals surface area contributed by atoms with Gasteiger partial charge < -0.3 is 24.3 Å². The van der Waals surface area contributed by atoms with Crippen molar-refractivity contribution in [1.82, 2.24) is 24.8 Å². The summed E-state index contributed by atoms with van der Waals surface area (Å²) in [6, 6.07) is 9.24. The second-order valence-corrected chi connectivity index (χ2v) is 7.54. The van der Waals surface area contributed by atoms with Crippen LogP contribution in [0.5, 0.6) is 11.6 Å². The lowest BCUT2D eigenvalue weighted by atomic mass is 10.1. The number of carbonyl (C=O) groups is 1. The molecule has 1 aliphatic heterocycles. The SMILES string of the molecule is CCOC(=O)OC(C)Oc1ccc(-c2cnn3ccc(OCCN4CCNCC4)nc23)cc1. The zero-order chi connectivity index (χ0) is 23.0. The van der Waals surface area contributed by atoms with Gasteiger partial charge in [-0.3, -0.25) is 4.90 Å². The Hall–Kier alpha value is -3.37. The van der Waals surface area contributed by atoms with E-state index in [9.17, 15) is 4.79 Å². The zero-order valence-electron chi connectivity index (χ0n) is 18.9. The highest BCUT2D eigenvalue weighted by atomic mass is 16.8. The number of aromatic nitrogens is 3. The Morgan fingerprint density at radius 1 is 1.18 bits per heavy atom. The Morgan fingerprint density at radius 3 is 2.73 bits per heavy atom. The summed E-state index contributed by atoms with van der Waals surface area (Å²) in [5, 5.41) is 7.74. The number of hydrogen-bond donors (Lipinski definition) is 1. The summed E-state index contributed by atoms with van der Waals surface area (Å²) in [4.78, 5) is 18.4. The zero-order valence-corrected chi connectivity index (χ0v) is 18.9. The predicted molar refractivity (Wildman–Crippen MR) is 121 cm³/mol. The van der Waals surface area contributed by atoms with Gasteiger partial charge in [-0.2, -0.15) is 10.1 Å². The van der Waals surface area contributed by atoms with Gasteiger partial charge in [-0.15, -0.1) is 0 Å². The van der Waals surface area contributed by atoms with Gasteiger partial charge >= 0.3 is 6.16 Å². The molecule has 4 rings (SSSR count). The number of piperazine rings is 1. The van der Waals surface area contributed by atoms with E-state index in [-0.39, 0.29) is 6.61 Å². The topological polar surface area (TPSA) is 99.5 Å². The summed E-state index contributed by atoms with van der Waals surface area (Å²) >= 11 is 0. The minimum Gasteiger partial charge on any atom is -0.476 e. The van der Waals surface area contributed by atoms with Gasteiger partial charge in [0.15, 0.2) is 5.65 Å². The molecule has 0 spiro atoms. The minimum atomic E-state index is -0.769. The van der Waals surface area contributed by atoms with Crippen molar-refractivity contribution >= 4 is 11.8 Å². The van der Waals surface area contributed by atoms with Crippen molar-refractivity contribution in [2.75, 3.05) is 45.9 Å². The molecule has 0 aliphatic carbocycles. The minimum absolute atomic E-state index is 0.247. The summed E-state index contributed by atoms with van der Waals surface area (Å²) in [5.41, 5.74) is 2.52. The maximum atomic E-state index is 11.4. The van der Waals surface area contributed by atoms with E-state index in [2.05, 4.69) is 20.3 Å². The van der Waals surface area contributed by atoms with Crippen LogP contribution < -0.4 is 14.8 Å². The molecule has 176 valence electrons. The quantitative estimate of drug-likeness (QED) is 0.385. The van der Waals surface area contributed by atoms with E-state index in [1.165, 1.54) is 0 Å². The molecule has 10 heteroatoms. The number of nitrogens with zero attached hydrogens (tertiary/aromatic N) is 4. The van der Waals surface area contributed by atoms with Crippen LogP contribution in [0.25, 0.3) is 16.8 Å². The normalized spacial score (nSPS) is 15.2. The van der Waals surface area contributed by atoms with Crippen molar-refractivity contribution in [2.24, 2.45) is 0 Å². The van der Waals surface area contributed by atoms with Crippen LogP contribution in [0.3, 0.4) is 0 Å². The molecule has 10 nitrogen and oxygen atoms in total. The van der Waals surface area contributed by atoms with Gasteiger partial charge in [-0.25, -0.2) is 9.31 Å². The van der Waals surface area contributed by atoms with Crippen LogP contribution in [0.15, 0.2) is 42.7 Å². The smallest absolute Gasteiger partial charge is 0.476 e. The van der Waals surface area contributed by atoms with Crippen LogP contribution in [-0.2, 0) is 9.47 Å². The van der Waals surface area contributed by atoms with Crippen LogP contribution in [0, 0.1) is 0 Å². The standard InChI is InChI=1S/C23H29N5O5/c1-3-30-23(29)33-17(2)32-19-6-4-18(5-7-19)20-16-25-28-11-8-21(26-22(20)28)31-15-14-27-12-9-24-10-13-27/h4-8,11,16-17,24H,3,9-10,12-15H2,1-2H3. The lowest BCUT2D eigenvalue weighted by Gasteiger charge is -2.26. The molecule has 1 aliphatic rings. The fraction of sp³-hybridized carbons (Fsp3) is 0.435. The Labute approximate surface area is 192 Å². The maximum absolute atomic E-state index is 11.4. The first-order chi connectivity index (χ1) is 16.1. The third-order valence-corrected chi connectivity index (χ3v) is 5.20. The number of benzene rings is 1. The molecule has 1 aromatic carbocycles. The molecule has 0 saturated carbocycles. The van der Waals surface area contributed by atoms with Crippen LogP contribution in [0.4, 0.5) is 4.79 Å². The maximum Gasteiger partial charge on any atom is 0.511 e. The molecule has 0 radical (unpaired) electrons. The van der Waals surface area contributed by atoms with E-state index >= 15 is 0 Å². The Kier molecular flexibility index (Phi) is 7.59. The highest BCUT2D eigenvalue weighted by Gasteiger charge is 2.14. The predicted octanol–water partition coefficient (Wildman–Crippen LogP) is 2.58. The second kappa shape index (κ2) is 11.0. The van der Waals surface area contributed by atoms with E-state index in [1.54, 1.807) is 36.7 Å². The Balaban J connectivity index is 1.39. The van der Waals surface area contributed by atoms with Gasteiger partial charge in [-0.05, 0) is 24.6 Å². The van der Waals surface area contributed by atoms with Gasteiger partial charge in [0.25, 0.3) is 0 Å². The molecular formula is C23H29N5O5. The van der Waals surface area contributed by atoms with E-state index < -0.39 is 12.4 Å². The lowest BCUT2D eigenvalue weighted by molar-refractivity contribution is -0.0518. The highest BCUT2D eigenvalue weighted by Crippen LogP contribution is 2.27. The van der Waals surface area contributed by atoms with E-state index in [1.807, 2.05) is 24.4 Å². The molecule has 0 amide bonds. The molecule has 1 saturated heterocycles. The highest BCUT2D eigenvalue weighted by molar-refractivity contribution is 5.77. The molecule has 1 N–H and O–H groups in total. The summed E-state index contributed by atoms with van der Waals surface area (Å²) in [7, 11) is 0. The first kappa shape index (κ1) is 22.8. The Bertz CT molecular complexity index is 1050. The van der Waals surface area contributed by atoms with Crippen molar-refractivity contribution in [3.63, 3.8) is 0 Å². The van der Waals surface area contributed by atoms with Crippen LogP contribution in [0.1, 0.15) is 13.8 Å². The number of rotatable bonds is 9. The number of hydrogen-bond acceptors (Lipinski definition) is 9.